The minimum absolute atomic E-state index is 0.234. The van der Waals surface area contributed by atoms with Gasteiger partial charge in [0.1, 0.15) is 17.7 Å². The lowest BCUT2D eigenvalue weighted by molar-refractivity contribution is 0.0349. The Hall–Kier alpha value is -3.19. The zero-order chi connectivity index (χ0) is 21.1. The molecule has 0 spiro atoms. The normalized spacial score (nSPS) is 19.4. The largest absolute Gasteiger partial charge is 0.488 e. The molecule has 156 valence electrons. The van der Waals surface area contributed by atoms with Crippen LogP contribution >= 0.6 is 0 Å². The van der Waals surface area contributed by atoms with Gasteiger partial charge in [0.2, 0.25) is 0 Å². The molecule has 2 heterocycles. The second-order valence-corrected chi connectivity index (χ2v) is 7.49. The second kappa shape index (κ2) is 8.67. The summed E-state index contributed by atoms with van der Waals surface area (Å²) in [4.78, 5) is 14.5. The highest BCUT2D eigenvalue weighted by Gasteiger charge is 2.30. The van der Waals surface area contributed by atoms with Crippen LogP contribution in [0.5, 0.6) is 5.75 Å². The van der Waals surface area contributed by atoms with Crippen molar-refractivity contribution in [3.05, 3.63) is 71.7 Å². The average Bonchev–Trinajstić information content (AvgIpc) is 3.17. The van der Waals surface area contributed by atoms with Crippen molar-refractivity contribution < 1.29 is 23.6 Å². The number of ether oxygens (including phenoxy) is 1. The maximum Gasteiger partial charge on any atom is 0.276 e. The van der Waals surface area contributed by atoms with E-state index < -0.39 is 12.2 Å². The third-order valence-corrected chi connectivity index (χ3v) is 5.26. The molecule has 30 heavy (non-hydrogen) atoms. The van der Waals surface area contributed by atoms with Crippen molar-refractivity contribution in [2.24, 2.45) is 0 Å². The van der Waals surface area contributed by atoms with E-state index in [0.717, 1.165) is 11.1 Å². The second-order valence-electron chi connectivity index (χ2n) is 7.49. The van der Waals surface area contributed by atoms with Crippen LogP contribution in [-0.2, 0) is 0 Å². The van der Waals surface area contributed by atoms with Gasteiger partial charge in [0.05, 0.1) is 6.10 Å². The standard InChI is InChI=1S/C23H23FN2O4/c1-15-2-4-16(5-3-15)22-14-19(25-30-22)23(28)26-12-10-20(27)21(11-13-26)29-18-8-6-17(24)7-9-18/h2-9,14,20-21,27H,10-13H2,1H3/t20-,21-/m0/s1. The summed E-state index contributed by atoms with van der Waals surface area (Å²) in [6, 6.07) is 15.1. The number of likely N-dealkylation sites (tertiary alicyclic amines) is 1. The van der Waals surface area contributed by atoms with Crippen LogP contribution in [0.25, 0.3) is 11.3 Å². The number of nitrogens with zero attached hydrogens (tertiary/aromatic N) is 2. The summed E-state index contributed by atoms with van der Waals surface area (Å²) in [6.45, 7) is 2.80. The van der Waals surface area contributed by atoms with Crippen molar-refractivity contribution in [1.29, 1.82) is 0 Å². The lowest BCUT2D eigenvalue weighted by Crippen LogP contribution is -2.32. The summed E-state index contributed by atoms with van der Waals surface area (Å²) in [7, 11) is 0. The Balaban J connectivity index is 1.41. The summed E-state index contributed by atoms with van der Waals surface area (Å²) in [5, 5.41) is 14.4. The molecule has 0 radical (unpaired) electrons. The Morgan fingerprint density at radius 2 is 1.83 bits per heavy atom. The van der Waals surface area contributed by atoms with Gasteiger partial charge in [-0.2, -0.15) is 0 Å². The molecule has 1 aliphatic rings. The molecule has 0 unspecified atom stereocenters. The minimum Gasteiger partial charge on any atom is -0.488 e. The van der Waals surface area contributed by atoms with Gasteiger partial charge in [-0.25, -0.2) is 4.39 Å². The van der Waals surface area contributed by atoms with Gasteiger partial charge in [-0.3, -0.25) is 4.79 Å². The van der Waals surface area contributed by atoms with E-state index in [9.17, 15) is 14.3 Å². The first-order chi connectivity index (χ1) is 14.5. The minimum atomic E-state index is -0.728. The lowest BCUT2D eigenvalue weighted by Gasteiger charge is -2.21. The number of aromatic nitrogens is 1. The lowest BCUT2D eigenvalue weighted by atomic mass is 10.1. The summed E-state index contributed by atoms with van der Waals surface area (Å²) >= 11 is 0. The number of amides is 1. The molecule has 2 atom stereocenters. The molecular formula is C23H23FN2O4. The molecule has 7 heteroatoms. The van der Waals surface area contributed by atoms with Crippen LogP contribution in [-0.4, -0.2) is 46.4 Å². The third-order valence-electron chi connectivity index (χ3n) is 5.26. The molecule has 4 rings (SSSR count). The van der Waals surface area contributed by atoms with Crippen LogP contribution in [0, 0.1) is 12.7 Å². The first-order valence-corrected chi connectivity index (χ1v) is 9.93. The molecule has 1 saturated heterocycles. The number of carbonyl (C=O) groups excluding carboxylic acids is 1. The molecule has 2 aromatic carbocycles. The number of carbonyl (C=O) groups is 1. The van der Waals surface area contributed by atoms with Gasteiger partial charge in [0.25, 0.3) is 5.91 Å². The molecule has 1 amide bonds. The van der Waals surface area contributed by atoms with Gasteiger partial charge < -0.3 is 19.3 Å². The molecule has 3 aromatic rings. The Labute approximate surface area is 173 Å². The van der Waals surface area contributed by atoms with Crippen LogP contribution in [0.15, 0.2) is 59.1 Å². The highest BCUT2D eigenvalue weighted by molar-refractivity contribution is 5.93. The third kappa shape index (κ3) is 4.52. The highest BCUT2D eigenvalue weighted by atomic mass is 19.1. The SMILES string of the molecule is Cc1ccc(-c2cc(C(=O)N3CC[C@H](Oc4ccc(F)cc4)[C@@H](O)CC3)no2)cc1. The fourth-order valence-electron chi connectivity index (χ4n) is 3.48. The van der Waals surface area contributed by atoms with Crippen LogP contribution in [0.2, 0.25) is 0 Å². The monoisotopic (exact) mass is 410 g/mol. The number of hydrogen-bond acceptors (Lipinski definition) is 5. The van der Waals surface area contributed by atoms with Crippen molar-refractivity contribution in [3.8, 4) is 17.1 Å². The number of halogens is 1. The summed E-state index contributed by atoms with van der Waals surface area (Å²) in [6.07, 6.45) is -0.380. The fourth-order valence-corrected chi connectivity index (χ4v) is 3.48. The predicted molar refractivity (Wildman–Crippen MR) is 109 cm³/mol. The zero-order valence-electron chi connectivity index (χ0n) is 16.6. The first kappa shape index (κ1) is 20.1. The van der Waals surface area contributed by atoms with Gasteiger partial charge in [-0.15, -0.1) is 0 Å². The van der Waals surface area contributed by atoms with Crippen molar-refractivity contribution in [2.75, 3.05) is 13.1 Å². The van der Waals surface area contributed by atoms with Crippen molar-refractivity contribution in [3.63, 3.8) is 0 Å². The van der Waals surface area contributed by atoms with Crippen LogP contribution in [0.4, 0.5) is 4.39 Å². The van der Waals surface area contributed by atoms with Gasteiger partial charge in [0.15, 0.2) is 11.5 Å². The number of hydrogen-bond donors (Lipinski definition) is 1. The molecule has 1 fully saturated rings. The predicted octanol–water partition coefficient (Wildman–Crippen LogP) is 3.83. The maximum atomic E-state index is 13.1. The number of aliphatic hydroxyl groups is 1. The van der Waals surface area contributed by atoms with Crippen molar-refractivity contribution >= 4 is 5.91 Å². The van der Waals surface area contributed by atoms with Crippen molar-refractivity contribution in [2.45, 2.75) is 32.0 Å². The molecule has 0 saturated carbocycles. The van der Waals surface area contributed by atoms with E-state index >= 15 is 0 Å². The van der Waals surface area contributed by atoms with Crippen molar-refractivity contribution in [1.82, 2.24) is 10.1 Å². The Kier molecular flexibility index (Phi) is 5.81. The van der Waals surface area contributed by atoms with E-state index in [1.165, 1.54) is 24.3 Å². The van der Waals surface area contributed by atoms with E-state index in [4.69, 9.17) is 9.26 Å². The summed E-state index contributed by atoms with van der Waals surface area (Å²) in [5.74, 6) is 0.426. The summed E-state index contributed by atoms with van der Waals surface area (Å²) < 4.78 is 24.3. The van der Waals surface area contributed by atoms with Gasteiger partial charge in [-0.05, 0) is 37.6 Å². The first-order valence-electron chi connectivity index (χ1n) is 9.93. The Bertz CT molecular complexity index is 1000. The van der Waals surface area contributed by atoms with E-state index in [-0.39, 0.29) is 17.4 Å². The molecular weight excluding hydrogens is 387 g/mol. The topological polar surface area (TPSA) is 75.8 Å². The smallest absolute Gasteiger partial charge is 0.276 e. The number of aryl methyl sites for hydroxylation is 1. The van der Waals surface area contributed by atoms with Gasteiger partial charge >= 0.3 is 0 Å². The number of benzene rings is 2. The van der Waals surface area contributed by atoms with E-state index in [0.29, 0.717) is 37.4 Å². The molecule has 1 aromatic heterocycles. The maximum absolute atomic E-state index is 13.1. The van der Waals surface area contributed by atoms with Gasteiger partial charge in [-0.1, -0.05) is 35.0 Å². The molecule has 0 bridgehead atoms. The Morgan fingerprint density at radius 3 is 2.57 bits per heavy atom. The molecule has 1 N–H and O–H groups in total. The number of rotatable bonds is 4. The Morgan fingerprint density at radius 1 is 1.13 bits per heavy atom. The van der Waals surface area contributed by atoms with E-state index in [2.05, 4.69) is 5.16 Å². The molecule has 0 aliphatic carbocycles. The zero-order valence-corrected chi connectivity index (χ0v) is 16.6. The fraction of sp³-hybridized carbons (Fsp3) is 0.304. The van der Waals surface area contributed by atoms with Gasteiger partial charge in [0, 0.05) is 31.1 Å². The van der Waals surface area contributed by atoms with E-state index in [1.807, 2.05) is 31.2 Å². The summed E-state index contributed by atoms with van der Waals surface area (Å²) in [5.41, 5.74) is 2.22. The highest BCUT2D eigenvalue weighted by Crippen LogP contribution is 2.24. The number of aliphatic hydroxyl groups excluding tert-OH is 1. The van der Waals surface area contributed by atoms with Crippen LogP contribution in [0.1, 0.15) is 28.9 Å². The van der Waals surface area contributed by atoms with Crippen LogP contribution < -0.4 is 4.74 Å². The van der Waals surface area contributed by atoms with E-state index in [1.54, 1.807) is 11.0 Å². The van der Waals surface area contributed by atoms with Crippen LogP contribution in [0.3, 0.4) is 0 Å². The average molecular weight is 410 g/mol. The quantitative estimate of drug-likeness (QED) is 0.707. The molecule has 1 aliphatic heterocycles. The molecule has 6 nitrogen and oxygen atoms in total.